The molecule has 1 amide bonds. The molecule has 2 atom stereocenters. The molecule has 26 heavy (non-hydrogen) atoms. The molecule has 1 heterocycles. The minimum atomic E-state index is -0.318. The standard InChI is InChI=1S/C20H25N3O3/c1-3-25-15-11-9-14(10-12-15)17-13-18(23-22-17)20(24)21-16-7-5-6-8-19(16)26-4-2/h5-12,17-18,22-23H,3-4,13H2,1-2H3,(H,21,24). The van der Waals surface area contributed by atoms with Gasteiger partial charge in [-0.15, -0.1) is 0 Å². The van der Waals surface area contributed by atoms with Crippen molar-refractivity contribution in [2.24, 2.45) is 0 Å². The molecule has 3 N–H and O–H groups in total. The maximum Gasteiger partial charge on any atom is 0.243 e. The molecule has 0 saturated carbocycles. The van der Waals surface area contributed by atoms with Crippen LogP contribution in [0.2, 0.25) is 0 Å². The predicted molar refractivity (Wildman–Crippen MR) is 101 cm³/mol. The van der Waals surface area contributed by atoms with E-state index < -0.39 is 0 Å². The smallest absolute Gasteiger partial charge is 0.243 e. The zero-order chi connectivity index (χ0) is 18.4. The van der Waals surface area contributed by atoms with E-state index in [0.29, 0.717) is 31.1 Å². The Bertz CT molecular complexity index is 733. The number of anilines is 1. The highest BCUT2D eigenvalue weighted by Crippen LogP contribution is 2.27. The van der Waals surface area contributed by atoms with Crippen molar-refractivity contribution in [3.8, 4) is 11.5 Å². The Labute approximate surface area is 153 Å². The summed E-state index contributed by atoms with van der Waals surface area (Å²) in [5.74, 6) is 1.44. The highest BCUT2D eigenvalue weighted by Gasteiger charge is 2.30. The fraction of sp³-hybridized carbons (Fsp3) is 0.350. The van der Waals surface area contributed by atoms with Gasteiger partial charge < -0.3 is 14.8 Å². The van der Waals surface area contributed by atoms with Crippen LogP contribution in [0.5, 0.6) is 11.5 Å². The Morgan fingerprint density at radius 3 is 2.50 bits per heavy atom. The van der Waals surface area contributed by atoms with Crippen molar-refractivity contribution in [2.45, 2.75) is 32.4 Å². The zero-order valence-electron chi connectivity index (χ0n) is 15.1. The van der Waals surface area contributed by atoms with Crippen LogP contribution in [-0.2, 0) is 4.79 Å². The van der Waals surface area contributed by atoms with E-state index in [9.17, 15) is 4.79 Å². The third-order valence-electron chi connectivity index (χ3n) is 4.26. The summed E-state index contributed by atoms with van der Waals surface area (Å²) >= 11 is 0. The predicted octanol–water partition coefficient (Wildman–Crippen LogP) is 3.03. The second kappa shape index (κ2) is 8.69. The van der Waals surface area contributed by atoms with E-state index in [-0.39, 0.29) is 18.0 Å². The second-order valence-electron chi connectivity index (χ2n) is 6.05. The van der Waals surface area contributed by atoms with E-state index >= 15 is 0 Å². The van der Waals surface area contributed by atoms with Gasteiger partial charge >= 0.3 is 0 Å². The van der Waals surface area contributed by atoms with Gasteiger partial charge in [-0.25, -0.2) is 10.9 Å². The zero-order valence-corrected chi connectivity index (χ0v) is 15.1. The quantitative estimate of drug-likeness (QED) is 0.712. The first-order chi connectivity index (χ1) is 12.7. The number of para-hydroxylation sites is 2. The fourth-order valence-corrected chi connectivity index (χ4v) is 2.98. The summed E-state index contributed by atoms with van der Waals surface area (Å²) in [5, 5.41) is 2.95. The van der Waals surface area contributed by atoms with Gasteiger partial charge in [0, 0.05) is 6.04 Å². The van der Waals surface area contributed by atoms with Crippen LogP contribution in [0, 0.1) is 0 Å². The van der Waals surface area contributed by atoms with E-state index in [0.717, 1.165) is 11.3 Å². The lowest BCUT2D eigenvalue weighted by atomic mass is 10.0. The van der Waals surface area contributed by atoms with E-state index in [2.05, 4.69) is 16.2 Å². The normalized spacial score (nSPS) is 19.2. The van der Waals surface area contributed by atoms with Crippen molar-refractivity contribution >= 4 is 11.6 Å². The molecule has 2 unspecified atom stereocenters. The molecule has 0 aliphatic carbocycles. The number of carbonyl (C=O) groups excluding carboxylic acids is 1. The van der Waals surface area contributed by atoms with E-state index in [1.807, 2.05) is 62.4 Å². The third-order valence-corrected chi connectivity index (χ3v) is 4.26. The largest absolute Gasteiger partial charge is 0.494 e. The van der Waals surface area contributed by atoms with Crippen molar-refractivity contribution in [1.82, 2.24) is 10.9 Å². The molecular formula is C20H25N3O3. The van der Waals surface area contributed by atoms with Crippen LogP contribution in [0.4, 0.5) is 5.69 Å². The van der Waals surface area contributed by atoms with Crippen LogP contribution in [0.3, 0.4) is 0 Å². The molecule has 1 aliphatic rings. The first-order valence-electron chi connectivity index (χ1n) is 8.97. The average molecular weight is 355 g/mol. The van der Waals surface area contributed by atoms with Crippen molar-refractivity contribution in [1.29, 1.82) is 0 Å². The van der Waals surface area contributed by atoms with Crippen LogP contribution in [0.15, 0.2) is 48.5 Å². The lowest BCUT2D eigenvalue weighted by Crippen LogP contribution is -2.39. The van der Waals surface area contributed by atoms with Crippen LogP contribution < -0.4 is 25.6 Å². The highest BCUT2D eigenvalue weighted by atomic mass is 16.5. The maximum atomic E-state index is 12.6. The molecular weight excluding hydrogens is 330 g/mol. The molecule has 0 aromatic heterocycles. The number of rotatable bonds is 7. The summed E-state index contributed by atoms with van der Waals surface area (Å²) in [6.07, 6.45) is 0.663. The Kier molecular flexibility index (Phi) is 6.09. The summed E-state index contributed by atoms with van der Waals surface area (Å²) in [4.78, 5) is 12.6. The number of hydrogen-bond acceptors (Lipinski definition) is 5. The van der Waals surface area contributed by atoms with Crippen molar-refractivity contribution in [3.63, 3.8) is 0 Å². The van der Waals surface area contributed by atoms with Gasteiger partial charge in [-0.05, 0) is 50.1 Å². The third kappa shape index (κ3) is 4.33. The molecule has 2 aromatic carbocycles. The minimum Gasteiger partial charge on any atom is -0.494 e. The van der Waals surface area contributed by atoms with Gasteiger partial charge in [0.05, 0.1) is 18.9 Å². The lowest BCUT2D eigenvalue weighted by Gasteiger charge is -2.14. The highest BCUT2D eigenvalue weighted by molar-refractivity contribution is 5.96. The van der Waals surface area contributed by atoms with E-state index in [1.165, 1.54) is 0 Å². The molecule has 0 spiro atoms. The maximum absolute atomic E-state index is 12.6. The van der Waals surface area contributed by atoms with Crippen molar-refractivity contribution in [3.05, 3.63) is 54.1 Å². The van der Waals surface area contributed by atoms with E-state index in [4.69, 9.17) is 9.47 Å². The Morgan fingerprint density at radius 1 is 1.04 bits per heavy atom. The van der Waals surface area contributed by atoms with Crippen molar-refractivity contribution in [2.75, 3.05) is 18.5 Å². The summed E-state index contributed by atoms with van der Waals surface area (Å²) in [6, 6.07) is 15.2. The molecule has 1 fully saturated rings. The molecule has 1 saturated heterocycles. The molecule has 0 bridgehead atoms. The molecule has 2 aromatic rings. The van der Waals surface area contributed by atoms with Crippen LogP contribution in [0.25, 0.3) is 0 Å². The number of carbonyl (C=O) groups is 1. The molecule has 3 rings (SSSR count). The SMILES string of the molecule is CCOc1ccc(C2CC(C(=O)Nc3ccccc3OCC)NN2)cc1. The Balaban J connectivity index is 1.60. The number of amides is 1. The summed E-state index contributed by atoms with van der Waals surface area (Å²) in [7, 11) is 0. The number of hydrazine groups is 1. The summed E-state index contributed by atoms with van der Waals surface area (Å²) in [6.45, 7) is 5.08. The van der Waals surface area contributed by atoms with Gasteiger partial charge in [-0.1, -0.05) is 24.3 Å². The molecule has 6 heteroatoms. The lowest BCUT2D eigenvalue weighted by molar-refractivity contribution is -0.117. The Morgan fingerprint density at radius 2 is 1.77 bits per heavy atom. The monoisotopic (exact) mass is 355 g/mol. The topological polar surface area (TPSA) is 71.6 Å². The molecule has 0 radical (unpaired) electrons. The van der Waals surface area contributed by atoms with Crippen LogP contribution >= 0.6 is 0 Å². The molecule has 6 nitrogen and oxygen atoms in total. The van der Waals surface area contributed by atoms with Gasteiger partial charge in [0.2, 0.25) is 5.91 Å². The molecule has 1 aliphatic heterocycles. The summed E-state index contributed by atoms with van der Waals surface area (Å²) < 4.78 is 11.0. The van der Waals surface area contributed by atoms with Crippen LogP contribution in [0.1, 0.15) is 31.9 Å². The fourth-order valence-electron chi connectivity index (χ4n) is 2.98. The molecule has 138 valence electrons. The van der Waals surface area contributed by atoms with Gasteiger partial charge in [-0.2, -0.15) is 0 Å². The van der Waals surface area contributed by atoms with Gasteiger partial charge in [0.15, 0.2) is 0 Å². The Hall–Kier alpha value is -2.57. The average Bonchev–Trinajstić information content (AvgIpc) is 3.15. The first-order valence-corrected chi connectivity index (χ1v) is 8.97. The number of hydrogen-bond donors (Lipinski definition) is 3. The minimum absolute atomic E-state index is 0.0727. The number of nitrogens with one attached hydrogen (secondary N) is 3. The van der Waals surface area contributed by atoms with Gasteiger partial charge in [-0.3, -0.25) is 4.79 Å². The second-order valence-corrected chi connectivity index (χ2v) is 6.05. The number of benzene rings is 2. The van der Waals surface area contributed by atoms with Gasteiger partial charge in [0.1, 0.15) is 17.5 Å². The van der Waals surface area contributed by atoms with E-state index in [1.54, 1.807) is 0 Å². The number of ether oxygens (including phenoxy) is 2. The van der Waals surface area contributed by atoms with Gasteiger partial charge in [0.25, 0.3) is 0 Å². The van der Waals surface area contributed by atoms with Crippen molar-refractivity contribution < 1.29 is 14.3 Å². The summed E-state index contributed by atoms with van der Waals surface area (Å²) in [5.41, 5.74) is 8.08. The first kappa shape index (κ1) is 18.2. The van der Waals surface area contributed by atoms with Crippen LogP contribution in [-0.4, -0.2) is 25.2 Å².